The molecule has 0 saturated heterocycles. The fourth-order valence-corrected chi connectivity index (χ4v) is 3.76. The van der Waals surface area contributed by atoms with Crippen LogP contribution in [0.2, 0.25) is 0 Å². The molecule has 5 nitrogen and oxygen atoms in total. The van der Waals surface area contributed by atoms with E-state index >= 15 is 0 Å². The highest BCUT2D eigenvalue weighted by molar-refractivity contribution is 7.13. The monoisotopic (exact) mass is 379 g/mol. The molecule has 0 saturated carbocycles. The Bertz CT molecular complexity index is 1150. The van der Waals surface area contributed by atoms with Gasteiger partial charge in [-0.3, -0.25) is 0 Å². The summed E-state index contributed by atoms with van der Waals surface area (Å²) in [4.78, 5) is 4.69. The molecular weight excluding hydrogens is 361 g/mol. The summed E-state index contributed by atoms with van der Waals surface area (Å²) in [6.45, 7) is 5.84. The van der Waals surface area contributed by atoms with Crippen LogP contribution in [-0.2, 0) is 0 Å². The summed E-state index contributed by atoms with van der Waals surface area (Å²) >= 11 is 1.46. The first-order valence-corrected chi connectivity index (χ1v) is 9.33. The second kappa shape index (κ2) is 6.59. The zero-order valence-corrected chi connectivity index (χ0v) is 16.0. The Morgan fingerprint density at radius 1 is 1.04 bits per heavy atom. The predicted molar refractivity (Wildman–Crippen MR) is 106 cm³/mol. The van der Waals surface area contributed by atoms with Gasteiger partial charge in [-0.05, 0) is 44.0 Å². The van der Waals surface area contributed by atoms with Gasteiger partial charge in [-0.2, -0.15) is 4.68 Å². The van der Waals surface area contributed by atoms with Gasteiger partial charge in [0.05, 0.1) is 11.4 Å². The minimum Gasteiger partial charge on any atom is -0.382 e. The van der Waals surface area contributed by atoms with Crippen LogP contribution in [-0.4, -0.2) is 20.0 Å². The van der Waals surface area contributed by atoms with Crippen LogP contribution < -0.4 is 5.73 Å². The third-order valence-electron chi connectivity index (χ3n) is 4.47. The van der Waals surface area contributed by atoms with Crippen LogP contribution in [0.1, 0.15) is 16.7 Å². The first-order chi connectivity index (χ1) is 12.9. The molecule has 0 radical (unpaired) electrons. The second-order valence-electron chi connectivity index (χ2n) is 6.52. The smallest absolute Gasteiger partial charge is 0.165 e. The number of aryl methyl sites for hydroxylation is 3. The number of nitrogen functional groups attached to an aromatic ring is 1. The van der Waals surface area contributed by atoms with Crippen molar-refractivity contribution in [2.24, 2.45) is 0 Å². The molecule has 4 rings (SSSR count). The molecule has 0 bridgehead atoms. The topological polar surface area (TPSA) is 69.6 Å². The number of aromatic nitrogens is 4. The molecule has 136 valence electrons. The van der Waals surface area contributed by atoms with E-state index in [4.69, 9.17) is 5.73 Å². The summed E-state index contributed by atoms with van der Waals surface area (Å²) in [7, 11) is 0. The maximum Gasteiger partial charge on any atom is 0.165 e. The fourth-order valence-electron chi connectivity index (χ4n) is 2.95. The molecule has 7 heteroatoms. The molecular formula is C20H18FN5S. The Kier molecular flexibility index (Phi) is 4.24. The zero-order chi connectivity index (χ0) is 19.1. The van der Waals surface area contributed by atoms with Crippen molar-refractivity contribution in [1.82, 2.24) is 20.0 Å². The molecule has 2 aromatic heterocycles. The van der Waals surface area contributed by atoms with Crippen molar-refractivity contribution in [2.45, 2.75) is 20.8 Å². The summed E-state index contributed by atoms with van der Waals surface area (Å²) < 4.78 is 15.3. The number of hydrogen-bond acceptors (Lipinski definition) is 5. The zero-order valence-electron chi connectivity index (χ0n) is 15.2. The van der Waals surface area contributed by atoms with Crippen molar-refractivity contribution in [1.29, 1.82) is 0 Å². The van der Waals surface area contributed by atoms with Gasteiger partial charge in [0.25, 0.3) is 0 Å². The largest absolute Gasteiger partial charge is 0.382 e. The SMILES string of the molecule is Cc1ccc(-c2csc(-c3nnn(-c4ccc(C)c(F)c4)c3N)n2)c(C)c1. The van der Waals surface area contributed by atoms with Crippen molar-refractivity contribution in [2.75, 3.05) is 5.73 Å². The van der Waals surface area contributed by atoms with E-state index in [1.807, 2.05) is 5.38 Å². The summed E-state index contributed by atoms with van der Waals surface area (Å²) in [6.07, 6.45) is 0. The van der Waals surface area contributed by atoms with Crippen molar-refractivity contribution < 1.29 is 4.39 Å². The van der Waals surface area contributed by atoms with Crippen molar-refractivity contribution in [3.63, 3.8) is 0 Å². The molecule has 2 aromatic carbocycles. The van der Waals surface area contributed by atoms with Crippen molar-refractivity contribution in [3.05, 3.63) is 64.3 Å². The maximum absolute atomic E-state index is 13.9. The van der Waals surface area contributed by atoms with Crippen molar-refractivity contribution >= 4 is 17.2 Å². The molecule has 0 aliphatic carbocycles. The summed E-state index contributed by atoms with van der Waals surface area (Å²) in [5.41, 5.74) is 12.2. The van der Waals surface area contributed by atoms with E-state index in [0.29, 0.717) is 27.8 Å². The minimum atomic E-state index is -0.310. The molecule has 0 aliphatic heterocycles. The molecule has 0 aliphatic rings. The number of thiazole rings is 1. The summed E-state index contributed by atoms with van der Waals surface area (Å²) in [6, 6.07) is 11.1. The lowest BCUT2D eigenvalue weighted by Crippen LogP contribution is -2.03. The molecule has 4 aromatic rings. The quantitative estimate of drug-likeness (QED) is 0.560. The number of nitrogens with zero attached hydrogens (tertiary/aromatic N) is 4. The number of nitrogens with two attached hydrogens (primary N) is 1. The van der Waals surface area contributed by atoms with Gasteiger partial charge in [-0.1, -0.05) is 35.0 Å². The van der Waals surface area contributed by atoms with Crippen LogP contribution >= 0.6 is 11.3 Å². The number of halogens is 1. The van der Waals surface area contributed by atoms with E-state index in [1.165, 1.54) is 33.2 Å². The normalized spacial score (nSPS) is 11.1. The molecule has 0 unspecified atom stereocenters. The maximum atomic E-state index is 13.9. The lowest BCUT2D eigenvalue weighted by Gasteiger charge is -2.04. The van der Waals surface area contributed by atoms with Crippen LogP contribution in [0.3, 0.4) is 0 Å². The molecule has 2 N–H and O–H groups in total. The lowest BCUT2D eigenvalue weighted by molar-refractivity contribution is 0.616. The lowest BCUT2D eigenvalue weighted by atomic mass is 10.0. The molecule has 27 heavy (non-hydrogen) atoms. The fraction of sp³-hybridized carbons (Fsp3) is 0.150. The van der Waals surface area contributed by atoms with Gasteiger partial charge in [0.2, 0.25) is 0 Å². The van der Waals surface area contributed by atoms with E-state index in [2.05, 4.69) is 47.3 Å². The van der Waals surface area contributed by atoms with Gasteiger partial charge in [0.15, 0.2) is 11.5 Å². The van der Waals surface area contributed by atoms with Crippen LogP contribution in [0, 0.1) is 26.6 Å². The molecule has 0 fully saturated rings. The van der Waals surface area contributed by atoms with Gasteiger partial charge >= 0.3 is 0 Å². The molecule has 0 spiro atoms. The van der Waals surface area contributed by atoms with Crippen LogP contribution in [0.25, 0.3) is 27.6 Å². The van der Waals surface area contributed by atoms with Gasteiger partial charge in [0.1, 0.15) is 10.8 Å². The first kappa shape index (κ1) is 17.4. The highest BCUT2D eigenvalue weighted by atomic mass is 32.1. The highest BCUT2D eigenvalue weighted by Gasteiger charge is 2.18. The molecule has 2 heterocycles. The summed E-state index contributed by atoms with van der Waals surface area (Å²) in [5.74, 6) is 0.0233. The van der Waals surface area contributed by atoms with Gasteiger partial charge in [-0.15, -0.1) is 16.4 Å². The van der Waals surface area contributed by atoms with E-state index < -0.39 is 0 Å². The highest BCUT2D eigenvalue weighted by Crippen LogP contribution is 2.33. The Hall–Kier alpha value is -3.06. The van der Waals surface area contributed by atoms with E-state index in [-0.39, 0.29) is 5.82 Å². The third-order valence-corrected chi connectivity index (χ3v) is 5.32. The second-order valence-corrected chi connectivity index (χ2v) is 7.38. The average molecular weight is 379 g/mol. The average Bonchev–Trinajstić information content (AvgIpc) is 3.24. The van der Waals surface area contributed by atoms with Crippen molar-refractivity contribution in [3.8, 4) is 27.6 Å². The Balaban J connectivity index is 1.72. The van der Waals surface area contributed by atoms with E-state index in [1.54, 1.807) is 19.1 Å². The number of hydrogen-bond donors (Lipinski definition) is 1. The molecule has 0 amide bonds. The number of rotatable bonds is 3. The third kappa shape index (κ3) is 3.10. The van der Waals surface area contributed by atoms with E-state index in [0.717, 1.165) is 11.3 Å². The minimum absolute atomic E-state index is 0.310. The Morgan fingerprint density at radius 3 is 2.59 bits per heavy atom. The standard InChI is InChI=1S/C20H18FN5S/c1-11-4-7-15(13(3)8-11)17-10-27-20(23-17)18-19(22)26(25-24-18)14-6-5-12(2)16(21)9-14/h4-10H,22H2,1-3H3. The predicted octanol–water partition coefficient (Wildman–Crippen LogP) is 4.70. The van der Waals surface area contributed by atoms with Gasteiger partial charge < -0.3 is 5.73 Å². The van der Waals surface area contributed by atoms with Crippen LogP contribution in [0.15, 0.2) is 41.8 Å². The van der Waals surface area contributed by atoms with Crippen LogP contribution in [0.5, 0.6) is 0 Å². The van der Waals surface area contributed by atoms with Crippen LogP contribution in [0.4, 0.5) is 10.2 Å². The van der Waals surface area contributed by atoms with Gasteiger partial charge in [0, 0.05) is 10.9 Å². The first-order valence-electron chi connectivity index (χ1n) is 8.45. The Morgan fingerprint density at radius 2 is 1.85 bits per heavy atom. The Labute approximate surface area is 160 Å². The summed E-state index contributed by atoms with van der Waals surface area (Å²) in [5, 5.41) is 10.9. The van der Waals surface area contributed by atoms with Gasteiger partial charge in [-0.25, -0.2) is 9.37 Å². The van der Waals surface area contributed by atoms with E-state index in [9.17, 15) is 4.39 Å². The number of benzene rings is 2. The molecule has 0 atom stereocenters. The number of anilines is 1.